The van der Waals surface area contributed by atoms with E-state index in [1.807, 2.05) is 0 Å². The summed E-state index contributed by atoms with van der Waals surface area (Å²) in [7, 11) is -3.35. The van der Waals surface area contributed by atoms with Crippen molar-refractivity contribution in [2.24, 2.45) is 0 Å². The second kappa shape index (κ2) is 4.14. The van der Waals surface area contributed by atoms with Crippen LogP contribution in [0.25, 0.3) is 0 Å². The Balaban J connectivity index is 2.96. The van der Waals surface area contributed by atoms with Crippen LogP contribution < -0.4 is 4.72 Å². The zero-order valence-electron chi connectivity index (χ0n) is 7.86. The van der Waals surface area contributed by atoms with Crippen LogP contribution in [0, 0.1) is 0 Å². The molecule has 0 aliphatic rings. The quantitative estimate of drug-likeness (QED) is 0.869. The average molecular weight is 235 g/mol. The van der Waals surface area contributed by atoms with E-state index in [1.54, 1.807) is 13.8 Å². The van der Waals surface area contributed by atoms with Crippen molar-refractivity contribution in [1.29, 1.82) is 0 Å². The Morgan fingerprint density at radius 3 is 2.64 bits per heavy atom. The highest BCUT2D eigenvalue weighted by atomic mass is 35.5. The van der Waals surface area contributed by atoms with E-state index in [9.17, 15) is 8.42 Å². The van der Waals surface area contributed by atoms with E-state index >= 15 is 0 Å². The Morgan fingerprint density at radius 2 is 2.14 bits per heavy atom. The first-order valence-corrected chi connectivity index (χ1v) is 5.97. The predicted molar refractivity (Wildman–Crippen MR) is 56.9 cm³/mol. The molecule has 0 aliphatic carbocycles. The van der Waals surface area contributed by atoms with Gasteiger partial charge in [-0.25, -0.2) is 8.42 Å². The topological polar surface area (TPSA) is 59.1 Å². The van der Waals surface area contributed by atoms with E-state index in [-0.39, 0.29) is 0 Å². The maximum absolute atomic E-state index is 11.5. The molecule has 0 spiro atoms. The number of rotatable bonds is 3. The first kappa shape index (κ1) is 11.3. The molecule has 0 aromatic carbocycles. The second-order valence-electron chi connectivity index (χ2n) is 3.05. The summed E-state index contributed by atoms with van der Waals surface area (Å²) in [6, 6.07) is 1.53. The summed E-state index contributed by atoms with van der Waals surface area (Å²) in [5.74, 6) is 0. The van der Waals surface area contributed by atoms with E-state index in [0.717, 1.165) is 0 Å². The third kappa shape index (κ3) is 2.59. The largest absolute Gasteiger partial charge is 0.280 e. The Bertz CT molecular complexity index is 417. The lowest BCUT2D eigenvalue weighted by Gasteiger charge is -2.10. The van der Waals surface area contributed by atoms with E-state index in [1.165, 1.54) is 18.5 Å². The molecule has 0 saturated heterocycles. The van der Waals surface area contributed by atoms with Crippen molar-refractivity contribution in [2.45, 2.75) is 19.1 Å². The predicted octanol–water partition coefficient (Wildman–Crippen LogP) is 1.89. The highest BCUT2D eigenvalue weighted by molar-refractivity contribution is 7.93. The fourth-order valence-corrected chi connectivity index (χ4v) is 1.64. The molecule has 0 unspecified atom stereocenters. The van der Waals surface area contributed by atoms with E-state index in [0.29, 0.717) is 10.7 Å². The monoisotopic (exact) mass is 234 g/mol. The van der Waals surface area contributed by atoms with Crippen LogP contribution in [0.3, 0.4) is 0 Å². The highest BCUT2D eigenvalue weighted by Crippen LogP contribution is 2.21. The molecule has 0 saturated carbocycles. The van der Waals surface area contributed by atoms with Crippen LogP contribution in [0.5, 0.6) is 0 Å². The minimum absolute atomic E-state index is 0.308. The third-order valence-electron chi connectivity index (χ3n) is 1.64. The molecule has 0 radical (unpaired) electrons. The van der Waals surface area contributed by atoms with Gasteiger partial charge in [0.15, 0.2) is 0 Å². The summed E-state index contributed by atoms with van der Waals surface area (Å²) in [6.45, 7) is 3.18. The molecule has 0 aliphatic heterocycles. The van der Waals surface area contributed by atoms with Gasteiger partial charge in [0, 0.05) is 6.20 Å². The maximum Gasteiger partial charge on any atom is 0.235 e. The van der Waals surface area contributed by atoms with Crippen molar-refractivity contribution in [3.05, 3.63) is 23.5 Å². The number of sulfonamides is 1. The van der Waals surface area contributed by atoms with Crippen molar-refractivity contribution < 1.29 is 8.42 Å². The number of aromatic nitrogens is 1. The van der Waals surface area contributed by atoms with Crippen molar-refractivity contribution >= 4 is 27.3 Å². The van der Waals surface area contributed by atoms with Crippen LogP contribution in [0.4, 0.5) is 5.69 Å². The molecule has 1 rings (SSSR count). The third-order valence-corrected chi connectivity index (χ3v) is 3.72. The molecule has 0 bridgehead atoms. The van der Waals surface area contributed by atoms with E-state index in [2.05, 4.69) is 9.71 Å². The first-order chi connectivity index (χ1) is 6.43. The van der Waals surface area contributed by atoms with Gasteiger partial charge in [-0.2, -0.15) is 0 Å². The number of halogens is 1. The van der Waals surface area contributed by atoms with Crippen molar-refractivity contribution in [2.75, 3.05) is 4.72 Å². The lowest BCUT2D eigenvalue weighted by atomic mass is 10.4. The zero-order chi connectivity index (χ0) is 10.8. The number of anilines is 1. The SMILES string of the molecule is CC(C)S(=O)(=O)Nc1cnccc1Cl. The van der Waals surface area contributed by atoms with Crippen LogP contribution in [-0.2, 0) is 10.0 Å². The number of nitrogens with zero attached hydrogens (tertiary/aromatic N) is 1. The highest BCUT2D eigenvalue weighted by Gasteiger charge is 2.16. The molecule has 14 heavy (non-hydrogen) atoms. The van der Waals surface area contributed by atoms with Gasteiger partial charge < -0.3 is 0 Å². The molecule has 4 nitrogen and oxygen atoms in total. The standard InChI is InChI=1S/C8H11ClN2O2S/c1-6(2)14(12,13)11-8-5-10-4-3-7(8)9/h3-6,11H,1-2H3. The van der Waals surface area contributed by atoms with Crippen LogP contribution in [-0.4, -0.2) is 18.7 Å². The fourth-order valence-electron chi connectivity index (χ4n) is 0.724. The zero-order valence-corrected chi connectivity index (χ0v) is 9.43. The van der Waals surface area contributed by atoms with Crippen LogP contribution >= 0.6 is 11.6 Å². The molecule has 0 amide bonds. The van der Waals surface area contributed by atoms with Crippen LogP contribution in [0.1, 0.15) is 13.8 Å². The Morgan fingerprint density at radius 1 is 1.50 bits per heavy atom. The number of hydrogen-bond donors (Lipinski definition) is 1. The summed E-state index contributed by atoms with van der Waals surface area (Å²) >= 11 is 5.77. The van der Waals surface area contributed by atoms with Crippen molar-refractivity contribution in [3.63, 3.8) is 0 Å². The van der Waals surface area contributed by atoms with E-state index < -0.39 is 15.3 Å². The van der Waals surface area contributed by atoms with Gasteiger partial charge in [0.2, 0.25) is 10.0 Å². The van der Waals surface area contributed by atoms with Gasteiger partial charge in [-0.05, 0) is 19.9 Å². The first-order valence-electron chi connectivity index (χ1n) is 4.04. The van der Waals surface area contributed by atoms with Gasteiger partial charge in [0.1, 0.15) is 0 Å². The minimum atomic E-state index is -3.35. The molecule has 1 aromatic heterocycles. The molecular formula is C8H11ClN2O2S. The van der Waals surface area contributed by atoms with Gasteiger partial charge in [-0.3, -0.25) is 9.71 Å². The summed E-state index contributed by atoms with van der Waals surface area (Å²) in [6.07, 6.45) is 2.87. The molecule has 1 N–H and O–H groups in total. The number of pyridine rings is 1. The lowest BCUT2D eigenvalue weighted by Crippen LogP contribution is -2.22. The summed E-state index contributed by atoms with van der Waals surface area (Å²) in [4.78, 5) is 3.78. The van der Waals surface area contributed by atoms with Gasteiger partial charge in [0.25, 0.3) is 0 Å². The Hall–Kier alpha value is -0.810. The Kier molecular flexibility index (Phi) is 3.34. The van der Waals surface area contributed by atoms with Crippen molar-refractivity contribution in [3.8, 4) is 0 Å². The molecular weight excluding hydrogens is 224 g/mol. The normalized spacial score (nSPS) is 11.7. The molecule has 1 heterocycles. The summed E-state index contributed by atoms with van der Waals surface area (Å²) in [5.41, 5.74) is 0.308. The molecule has 6 heteroatoms. The number of hydrogen-bond acceptors (Lipinski definition) is 3. The van der Waals surface area contributed by atoms with E-state index in [4.69, 9.17) is 11.6 Å². The van der Waals surface area contributed by atoms with Crippen molar-refractivity contribution in [1.82, 2.24) is 4.98 Å². The van der Waals surface area contributed by atoms with Crippen LogP contribution in [0.2, 0.25) is 5.02 Å². The Labute approximate surface area is 88.4 Å². The maximum atomic E-state index is 11.5. The minimum Gasteiger partial charge on any atom is -0.280 e. The van der Waals surface area contributed by atoms with Gasteiger partial charge in [-0.15, -0.1) is 0 Å². The summed E-state index contributed by atoms with van der Waals surface area (Å²) < 4.78 is 25.3. The van der Waals surface area contributed by atoms with Gasteiger partial charge in [-0.1, -0.05) is 11.6 Å². The second-order valence-corrected chi connectivity index (χ2v) is 5.70. The smallest absolute Gasteiger partial charge is 0.235 e. The molecule has 1 aromatic rings. The fraction of sp³-hybridized carbons (Fsp3) is 0.375. The molecule has 78 valence electrons. The lowest BCUT2D eigenvalue weighted by molar-refractivity contribution is 0.593. The molecule has 0 atom stereocenters. The van der Waals surface area contributed by atoms with Gasteiger partial charge in [0.05, 0.1) is 22.2 Å². The van der Waals surface area contributed by atoms with Crippen LogP contribution in [0.15, 0.2) is 18.5 Å². The summed E-state index contributed by atoms with van der Waals surface area (Å²) in [5, 5.41) is -0.164. The average Bonchev–Trinajstić information content (AvgIpc) is 2.08. The van der Waals surface area contributed by atoms with Gasteiger partial charge >= 0.3 is 0 Å². The number of nitrogens with one attached hydrogen (secondary N) is 1. The molecule has 0 fully saturated rings.